The van der Waals surface area contributed by atoms with Gasteiger partial charge >= 0.3 is 0 Å². The lowest BCUT2D eigenvalue weighted by atomic mass is 10.2. The summed E-state index contributed by atoms with van der Waals surface area (Å²) >= 11 is 2.88. The summed E-state index contributed by atoms with van der Waals surface area (Å²) in [6.07, 6.45) is 1.70. The Kier molecular flexibility index (Phi) is 4.34. The van der Waals surface area contributed by atoms with Crippen LogP contribution in [0.1, 0.15) is 5.56 Å². The fourth-order valence-electron chi connectivity index (χ4n) is 1.28. The van der Waals surface area contributed by atoms with Crippen molar-refractivity contribution in [1.82, 2.24) is 4.98 Å². The minimum absolute atomic E-state index is 0.141. The molecule has 0 spiro atoms. The molecule has 6 heteroatoms. The summed E-state index contributed by atoms with van der Waals surface area (Å²) in [7, 11) is 0. The smallest absolute Gasteiger partial charge is 0.234 e. The number of carbonyl (C=O) groups is 1. The van der Waals surface area contributed by atoms with Crippen LogP contribution in [0.5, 0.6) is 0 Å². The number of hydrogen-bond acceptors (Lipinski definition) is 5. The number of amides is 1. The van der Waals surface area contributed by atoms with E-state index in [2.05, 4.69) is 10.3 Å². The SMILES string of the molecule is N#Cc1ccccc1NC(=O)CSc1nccs1. The third-order valence-electron chi connectivity index (χ3n) is 2.06. The number of nitrogens with one attached hydrogen (secondary N) is 1. The molecule has 0 atom stereocenters. The van der Waals surface area contributed by atoms with Crippen LogP contribution >= 0.6 is 23.1 Å². The molecule has 0 aliphatic rings. The summed E-state index contributed by atoms with van der Waals surface area (Å²) in [5, 5.41) is 13.5. The van der Waals surface area contributed by atoms with Gasteiger partial charge < -0.3 is 5.32 Å². The lowest BCUT2D eigenvalue weighted by molar-refractivity contribution is -0.113. The summed E-state index contributed by atoms with van der Waals surface area (Å²) in [6.45, 7) is 0. The Hall–Kier alpha value is -1.84. The van der Waals surface area contributed by atoms with E-state index in [0.29, 0.717) is 11.3 Å². The monoisotopic (exact) mass is 275 g/mol. The fraction of sp³-hybridized carbons (Fsp3) is 0.0833. The van der Waals surface area contributed by atoms with E-state index in [4.69, 9.17) is 5.26 Å². The molecule has 2 rings (SSSR count). The molecule has 1 amide bonds. The van der Waals surface area contributed by atoms with Gasteiger partial charge in [0, 0.05) is 11.6 Å². The number of nitrogens with zero attached hydrogens (tertiary/aromatic N) is 2. The van der Waals surface area contributed by atoms with Gasteiger partial charge in [-0.2, -0.15) is 5.26 Å². The summed E-state index contributed by atoms with van der Waals surface area (Å²) in [5.41, 5.74) is 1.01. The summed E-state index contributed by atoms with van der Waals surface area (Å²) in [6, 6.07) is 8.97. The minimum Gasteiger partial charge on any atom is -0.324 e. The third kappa shape index (κ3) is 3.32. The number of anilines is 1. The van der Waals surface area contributed by atoms with Crippen molar-refractivity contribution in [2.24, 2.45) is 0 Å². The second-order valence-corrected chi connectivity index (χ2v) is 5.41. The Morgan fingerprint density at radius 3 is 3.06 bits per heavy atom. The average molecular weight is 275 g/mol. The van der Waals surface area contributed by atoms with Gasteiger partial charge in [-0.05, 0) is 12.1 Å². The van der Waals surface area contributed by atoms with Crippen molar-refractivity contribution >= 4 is 34.7 Å². The number of nitriles is 1. The van der Waals surface area contributed by atoms with E-state index in [1.807, 2.05) is 11.4 Å². The van der Waals surface area contributed by atoms with E-state index < -0.39 is 0 Å². The maximum Gasteiger partial charge on any atom is 0.234 e. The number of carbonyl (C=O) groups excluding carboxylic acids is 1. The molecule has 0 unspecified atom stereocenters. The normalized spacial score (nSPS) is 9.72. The topological polar surface area (TPSA) is 65.8 Å². The molecule has 1 aromatic heterocycles. The number of hydrogen-bond donors (Lipinski definition) is 1. The molecule has 1 N–H and O–H groups in total. The van der Waals surface area contributed by atoms with E-state index in [1.165, 1.54) is 23.1 Å². The largest absolute Gasteiger partial charge is 0.324 e. The Bertz CT molecular complexity index is 575. The molecule has 0 aliphatic carbocycles. The van der Waals surface area contributed by atoms with E-state index in [9.17, 15) is 4.79 Å². The molecule has 0 aliphatic heterocycles. The molecule has 0 radical (unpaired) electrons. The molecular weight excluding hydrogens is 266 g/mol. The molecule has 18 heavy (non-hydrogen) atoms. The van der Waals surface area contributed by atoms with Crippen molar-refractivity contribution in [2.75, 3.05) is 11.1 Å². The van der Waals surface area contributed by atoms with Crippen molar-refractivity contribution < 1.29 is 4.79 Å². The van der Waals surface area contributed by atoms with Crippen molar-refractivity contribution in [3.05, 3.63) is 41.4 Å². The molecule has 90 valence electrons. The average Bonchev–Trinajstić information content (AvgIpc) is 2.90. The molecule has 2 aromatic rings. The standard InChI is InChI=1S/C12H9N3OS2/c13-7-9-3-1-2-4-10(9)15-11(16)8-18-12-14-5-6-17-12/h1-6H,8H2,(H,15,16). The van der Waals surface area contributed by atoms with Gasteiger partial charge in [0.15, 0.2) is 0 Å². The highest BCUT2D eigenvalue weighted by molar-refractivity contribution is 8.01. The quantitative estimate of drug-likeness (QED) is 0.871. The maximum absolute atomic E-state index is 11.7. The molecule has 0 saturated heterocycles. The first-order valence-electron chi connectivity index (χ1n) is 5.11. The third-order valence-corrected chi connectivity index (χ3v) is 4.02. The number of thiazole rings is 1. The summed E-state index contributed by atoms with van der Waals surface area (Å²) < 4.78 is 0.860. The number of rotatable bonds is 4. The van der Waals surface area contributed by atoms with E-state index in [1.54, 1.807) is 30.5 Å². The van der Waals surface area contributed by atoms with Crippen LogP contribution in [0.15, 0.2) is 40.2 Å². The first-order chi connectivity index (χ1) is 8.79. The lowest BCUT2D eigenvalue weighted by Crippen LogP contribution is -2.14. The number of para-hydroxylation sites is 1. The Balaban J connectivity index is 1.93. The summed E-state index contributed by atoms with van der Waals surface area (Å²) in [4.78, 5) is 15.8. The molecule has 1 aromatic carbocycles. The van der Waals surface area contributed by atoms with Gasteiger partial charge in [0.05, 0.1) is 17.0 Å². The first-order valence-corrected chi connectivity index (χ1v) is 6.97. The zero-order chi connectivity index (χ0) is 12.8. The highest BCUT2D eigenvalue weighted by Gasteiger charge is 2.07. The second kappa shape index (κ2) is 6.19. The minimum atomic E-state index is -0.141. The fourth-order valence-corrected chi connectivity index (χ4v) is 2.72. The molecular formula is C12H9N3OS2. The number of thioether (sulfide) groups is 1. The van der Waals surface area contributed by atoms with E-state index >= 15 is 0 Å². The first kappa shape index (κ1) is 12.6. The van der Waals surface area contributed by atoms with Gasteiger partial charge in [-0.15, -0.1) is 11.3 Å². The lowest BCUT2D eigenvalue weighted by Gasteiger charge is -2.05. The van der Waals surface area contributed by atoms with Crippen LogP contribution in [-0.2, 0) is 4.79 Å². The van der Waals surface area contributed by atoms with Crippen molar-refractivity contribution in [2.45, 2.75) is 4.34 Å². The van der Waals surface area contributed by atoms with Crippen molar-refractivity contribution in [1.29, 1.82) is 5.26 Å². The Labute approximate surface area is 113 Å². The van der Waals surface area contributed by atoms with Crippen LogP contribution in [0.2, 0.25) is 0 Å². The van der Waals surface area contributed by atoms with Crippen LogP contribution in [-0.4, -0.2) is 16.6 Å². The highest BCUT2D eigenvalue weighted by Crippen LogP contribution is 2.20. The molecule has 1 heterocycles. The van der Waals surface area contributed by atoms with Crippen molar-refractivity contribution in [3.63, 3.8) is 0 Å². The molecule has 0 bridgehead atoms. The van der Waals surface area contributed by atoms with E-state index in [0.717, 1.165) is 4.34 Å². The zero-order valence-corrected chi connectivity index (χ0v) is 10.9. The van der Waals surface area contributed by atoms with Gasteiger partial charge in [-0.25, -0.2) is 4.98 Å². The predicted octanol–water partition coefficient (Wildman–Crippen LogP) is 2.75. The molecule has 0 saturated carbocycles. The van der Waals surface area contributed by atoms with Crippen LogP contribution in [0.3, 0.4) is 0 Å². The van der Waals surface area contributed by atoms with Crippen LogP contribution in [0.25, 0.3) is 0 Å². The van der Waals surface area contributed by atoms with Gasteiger partial charge in [0.25, 0.3) is 0 Å². The van der Waals surface area contributed by atoms with Gasteiger partial charge in [-0.1, -0.05) is 23.9 Å². The zero-order valence-electron chi connectivity index (χ0n) is 9.29. The van der Waals surface area contributed by atoms with Crippen LogP contribution in [0, 0.1) is 11.3 Å². The Morgan fingerprint density at radius 2 is 2.33 bits per heavy atom. The number of aromatic nitrogens is 1. The maximum atomic E-state index is 11.7. The predicted molar refractivity (Wildman–Crippen MR) is 72.6 cm³/mol. The Morgan fingerprint density at radius 1 is 1.50 bits per heavy atom. The molecule has 0 fully saturated rings. The van der Waals surface area contributed by atoms with Gasteiger partial charge in [0.2, 0.25) is 5.91 Å². The summed E-state index contributed by atoms with van der Waals surface area (Å²) in [5.74, 6) is 0.144. The van der Waals surface area contributed by atoms with E-state index in [-0.39, 0.29) is 11.7 Å². The second-order valence-electron chi connectivity index (χ2n) is 3.29. The molecule has 4 nitrogen and oxygen atoms in total. The highest BCUT2D eigenvalue weighted by atomic mass is 32.2. The van der Waals surface area contributed by atoms with Crippen LogP contribution in [0.4, 0.5) is 5.69 Å². The van der Waals surface area contributed by atoms with Gasteiger partial charge in [0.1, 0.15) is 10.4 Å². The van der Waals surface area contributed by atoms with Crippen LogP contribution < -0.4 is 5.32 Å². The van der Waals surface area contributed by atoms with Gasteiger partial charge in [-0.3, -0.25) is 4.79 Å². The number of benzene rings is 1. The van der Waals surface area contributed by atoms with Crippen molar-refractivity contribution in [3.8, 4) is 6.07 Å².